The first-order valence-corrected chi connectivity index (χ1v) is 10.4. The van der Waals surface area contributed by atoms with Gasteiger partial charge in [-0.3, -0.25) is 4.99 Å². The third-order valence-corrected chi connectivity index (χ3v) is 6.44. The van der Waals surface area contributed by atoms with E-state index < -0.39 is 12.0 Å². The van der Waals surface area contributed by atoms with Crippen LogP contribution in [0, 0.1) is 0 Å². The second-order valence-electron chi connectivity index (χ2n) is 6.22. The third kappa shape index (κ3) is 4.07. The van der Waals surface area contributed by atoms with Gasteiger partial charge in [-0.25, -0.2) is 9.78 Å². The van der Waals surface area contributed by atoms with Crippen molar-refractivity contribution in [3.8, 4) is 5.75 Å². The first-order valence-electron chi connectivity index (χ1n) is 8.61. The molecule has 0 spiro atoms. The van der Waals surface area contributed by atoms with Gasteiger partial charge in [0.15, 0.2) is 6.04 Å². The van der Waals surface area contributed by atoms with Crippen molar-refractivity contribution in [3.63, 3.8) is 0 Å². The van der Waals surface area contributed by atoms with Gasteiger partial charge in [-0.1, -0.05) is 24.3 Å². The molecular formula is C20H16N2O4S2. The summed E-state index contributed by atoms with van der Waals surface area (Å²) in [6.07, 6.45) is 1.31. The summed E-state index contributed by atoms with van der Waals surface area (Å²) in [6.45, 7) is 0.432. The fraction of sp³-hybridized carbons (Fsp3) is 0.200. The molecule has 142 valence electrons. The van der Waals surface area contributed by atoms with Gasteiger partial charge in [-0.15, -0.1) is 23.1 Å². The number of thioether (sulfide) groups is 1. The van der Waals surface area contributed by atoms with Crippen molar-refractivity contribution in [1.82, 2.24) is 4.98 Å². The van der Waals surface area contributed by atoms with E-state index in [2.05, 4.69) is 9.98 Å². The summed E-state index contributed by atoms with van der Waals surface area (Å²) in [5.74, 6) is 0.281. The summed E-state index contributed by atoms with van der Waals surface area (Å²) < 4.78 is 6.85. The molecule has 3 aromatic rings. The third-order valence-electron chi connectivity index (χ3n) is 4.23. The van der Waals surface area contributed by atoms with Crippen LogP contribution in [-0.2, 0) is 22.6 Å². The van der Waals surface area contributed by atoms with E-state index in [0.29, 0.717) is 23.8 Å². The van der Waals surface area contributed by atoms with Gasteiger partial charge in [0.1, 0.15) is 28.7 Å². The second kappa shape index (κ2) is 8.12. The van der Waals surface area contributed by atoms with Crippen molar-refractivity contribution in [3.05, 3.63) is 58.6 Å². The van der Waals surface area contributed by atoms with Gasteiger partial charge in [-0.2, -0.15) is 0 Å². The molecule has 1 aromatic heterocycles. The predicted octanol–water partition coefficient (Wildman–Crippen LogP) is 3.56. The number of aliphatic imine (C=N–C) groups is 1. The second-order valence-corrected chi connectivity index (χ2v) is 8.26. The molecule has 8 heteroatoms. The average Bonchev–Trinajstić information content (AvgIpc) is 3.34. The molecule has 1 atom stereocenters. The van der Waals surface area contributed by atoms with Crippen LogP contribution < -0.4 is 4.74 Å². The van der Waals surface area contributed by atoms with Crippen molar-refractivity contribution in [2.45, 2.75) is 19.1 Å². The van der Waals surface area contributed by atoms with E-state index in [0.717, 1.165) is 38.4 Å². The topological polar surface area (TPSA) is 88.9 Å². The Morgan fingerprint density at radius 2 is 2.00 bits per heavy atom. The van der Waals surface area contributed by atoms with Gasteiger partial charge < -0.3 is 14.6 Å². The highest BCUT2D eigenvalue weighted by Crippen LogP contribution is 2.31. The van der Waals surface area contributed by atoms with E-state index in [9.17, 15) is 9.59 Å². The van der Waals surface area contributed by atoms with Crippen molar-refractivity contribution < 1.29 is 19.4 Å². The van der Waals surface area contributed by atoms with E-state index >= 15 is 0 Å². The number of aliphatic carboxylic acids is 1. The van der Waals surface area contributed by atoms with Crippen molar-refractivity contribution >= 4 is 50.6 Å². The SMILES string of the molecule is O=CCc1ccc(COc2ccc3nc(C4=NC(C(=O)O)CS4)sc3c2)cc1. The lowest BCUT2D eigenvalue weighted by molar-refractivity contribution is -0.137. The Kier molecular flexibility index (Phi) is 5.40. The fourth-order valence-corrected chi connectivity index (χ4v) is 4.83. The Bertz CT molecular complexity index is 1060. The number of carbonyl (C=O) groups is 2. The molecule has 1 aliphatic rings. The number of hydrogen-bond donors (Lipinski definition) is 1. The number of ether oxygens (including phenoxy) is 1. The van der Waals surface area contributed by atoms with Crippen LogP contribution in [0.15, 0.2) is 47.5 Å². The van der Waals surface area contributed by atoms with Crippen molar-refractivity contribution in [2.75, 3.05) is 5.75 Å². The highest BCUT2D eigenvalue weighted by Gasteiger charge is 2.26. The molecule has 6 nitrogen and oxygen atoms in total. The molecule has 0 radical (unpaired) electrons. The lowest BCUT2D eigenvalue weighted by Crippen LogP contribution is -2.17. The maximum absolute atomic E-state index is 11.1. The molecule has 0 fully saturated rings. The van der Waals surface area contributed by atoms with Gasteiger partial charge in [-0.05, 0) is 29.3 Å². The molecule has 2 heterocycles. The summed E-state index contributed by atoms with van der Waals surface area (Å²) in [7, 11) is 0. The van der Waals surface area contributed by atoms with Crippen LogP contribution in [0.4, 0.5) is 0 Å². The van der Waals surface area contributed by atoms with Gasteiger partial charge in [0.25, 0.3) is 0 Å². The molecular weight excluding hydrogens is 396 g/mol. The monoisotopic (exact) mass is 412 g/mol. The Hall–Kier alpha value is -2.71. The Morgan fingerprint density at radius 3 is 2.71 bits per heavy atom. The molecule has 0 saturated heterocycles. The quantitative estimate of drug-likeness (QED) is 0.597. The van der Waals surface area contributed by atoms with E-state index in [-0.39, 0.29) is 0 Å². The molecule has 2 aromatic carbocycles. The largest absolute Gasteiger partial charge is 0.489 e. The Labute approximate surface area is 169 Å². The standard InChI is InChI=1S/C20H16N2O4S2/c23-8-7-12-1-3-13(4-2-12)10-26-14-5-6-15-17(9-14)28-19(21-15)18-22-16(11-27-18)20(24)25/h1-6,8-9,16H,7,10-11H2,(H,24,25). The number of nitrogens with zero attached hydrogens (tertiary/aromatic N) is 2. The van der Waals surface area contributed by atoms with Gasteiger partial charge >= 0.3 is 5.97 Å². The number of carboxylic acid groups (broad SMARTS) is 1. The number of fused-ring (bicyclic) bond motifs is 1. The lowest BCUT2D eigenvalue weighted by atomic mass is 10.1. The molecule has 0 amide bonds. The molecule has 0 bridgehead atoms. The summed E-state index contributed by atoms with van der Waals surface area (Å²) in [6, 6.07) is 12.8. The van der Waals surface area contributed by atoms with Crippen LogP contribution in [0.1, 0.15) is 16.1 Å². The van der Waals surface area contributed by atoms with E-state index in [1.807, 2.05) is 42.5 Å². The van der Waals surface area contributed by atoms with Crippen LogP contribution in [0.2, 0.25) is 0 Å². The number of thiazole rings is 1. The summed E-state index contributed by atoms with van der Waals surface area (Å²) in [4.78, 5) is 30.4. The summed E-state index contributed by atoms with van der Waals surface area (Å²) >= 11 is 2.91. The number of aldehydes is 1. The number of carboxylic acids is 1. The first kappa shape index (κ1) is 18.6. The molecule has 1 unspecified atom stereocenters. The molecule has 28 heavy (non-hydrogen) atoms. The molecule has 1 N–H and O–H groups in total. The Balaban J connectivity index is 1.46. The van der Waals surface area contributed by atoms with Crippen LogP contribution in [0.25, 0.3) is 10.2 Å². The van der Waals surface area contributed by atoms with E-state index in [1.54, 1.807) is 0 Å². The zero-order chi connectivity index (χ0) is 19.5. The molecule has 0 aliphatic carbocycles. The van der Waals surface area contributed by atoms with Crippen LogP contribution in [0.3, 0.4) is 0 Å². The van der Waals surface area contributed by atoms with Gasteiger partial charge in [0.05, 0.1) is 10.2 Å². The first-order chi connectivity index (χ1) is 13.6. The average molecular weight is 412 g/mol. The van der Waals surface area contributed by atoms with Gasteiger partial charge in [0, 0.05) is 12.2 Å². The van der Waals surface area contributed by atoms with Crippen molar-refractivity contribution in [2.24, 2.45) is 4.99 Å². The minimum atomic E-state index is -0.904. The molecule has 0 saturated carbocycles. The number of rotatable bonds is 7. The minimum Gasteiger partial charge on any atom is -0.489 e. The Morgan fingerprint density at radius 1 is 1.21 bits per heavy atom. The van der Waals surface area contributed by atoms with E-state index in [4.69, 9.17) is 9.84 Å². The molecule has 1 aliphatic heterocycles. The van der Waals surface area contributed by atoms with Gasteiger partial charge in [0.2, 0.25) is 0 Å². The summed E-state index contributed by atoms with van der Waals surface area (Å²) in [5, 5.41) is 10.5. The van der Waals surface area contributed by atoms with Crippen molar-refractivity contribution in [1.29, 1.82) is 0 Å². The zero-order valence-electron chi connectivity index (χ0n) is 14.7. The fourth-order valence-electron chi connectivity index (χ4n) is 2.74. The lowest BCUT2D eigenvalue weighted by Gasteiger charge is -2.06. The maximum atomic E-state index is 11.1. The summed E-state index contributed by atoms with van der Waals surface area (Å²) in [5.41, 5.74) is 2.85. The smallest absolute Gasteiger partial charge is 0.329 e. The number of carbonyl (C=O) groups excluding carboxylic acids is 1. The number of aromatic nitrogens is 1. The highest BCUT2D eigenvalue weighted by molar-refractivity contribution is 8.15. The number of hydrogen-bond acceptors (Lipinski definition) is 7. The van der Waals surface area contributed by atoms with Crippen LogP contribution in [0.5, 0.6) is 5.75 Å². The normalized spacial score (nSPS) is 16.1. The zero-order valence-corrected chi connectivity index (χ0v) is 16.3. The molecule has 4 rings (SSSR count). The van der Waals surface area contributed by atoms with Crippen LogP contribution in [-0.4, -0.2) is 39.2 Å². The highest BCUT2D eigenvalue weighted by atomic mass is 32.2. The predicted molar refractivity (Wildman–Crippen MR) is 111 cm³/mol. The van der Waals surface area contributed by atoms with E-state index in [1.165, 1.54) is 23.1 Å². The number of benzene rings is 2. The maximum Gasteiger partial charge on any atom is 0.329 e. The minimum absolute atomic E-state index is 0.419. The van der Waals surface area contributed by atoms with Crippen LogP contribution >= 0.6 is 23.1 Å².